The van der Waals surface area contributed by atoms with E-state index in [4.69, 9.17) is 9.15 Å². The number of rotatable bonds is 4. The highest BCUT2D eigenvalue weighted by Crippen LogP contribution is 2.39. The van der Waals surface area contributed by atoms with Crippen LogP contribution in [0.3, 0.4) is 0 Å². The highest BCUT2D eigenvalue weighted by molar-refractivity contribution is 7.20. The van der Waals surface area contributed by atoms with Crippen molar-refractivity contribution in [2.75, 3.05) is 24.6 Å². The predicted octanol–water partition coefficient (Wildman–Crippen LogP) is 3.63. The summed E-state index contributed by atoms with van der Waals surface area (Å²) < 4.78 is 11.9. The molecule has 4 aromatic rings. The van der Waals surface area contributed by atoms with E-state index in [1.54, 1.807) is 19.9 Å². The van der Waals surface area contributed by atoms with Gasteiger partial charge < -0.3 is 14.1 Å². The molecule has 0 bridgehead atoms. The van der Waals surface area contributed by atoms with Gasteiger partial charge in [0, 0.05) is 29.7 Å². The molecule has 2 aliphatic heterocycles. The highest BCUT2D eigenvalue weighted by atomic mass is 32.1. The maximum Gasteiger partial charge on any atom is 0.348 e. The first kappa shape index (κ1) is 22.7. The van der Waals surface area contributed by atoms with Crippen LogP contribution in [0, 0.1) is 6.92 Å². The number of benzene rings is 1. The minimum atomic E-state index is -0.506. The zero-order valence-electron chi connectivity index (χ0n) is 20.0. The Morgan fingerprint density at radius 3 is 2.86 bits per heavy atom. The van der Waals surface area contributed by atoms with E-state index >= 15 is 0 Å². The third-order valence-electron chi connectivity index (χ3n) is 6.86. The fourth-order valence-electron chi connectivity index (χ4n) is 5.27. The van der Waals surface area contributed by atoms with Gasteiger partial charge >= 0.3 is 11.6 Å². The number of aryl methyl sites for hydroxylation is 3. The lowest BCUT2D eigenvalue weighted by molar-refractivity contribution is 0.0531. The van der Waals surface area contributed by atoms with Crippen molar-refractivity contribution in [2.24, 2.45) is 5.10 Å². The number of fused-ring (bicyclic) bond motifs is 3. The number of anilines is 1. The van der Waals surface area contributed by atoms with Crippen LogP contribution in [0.2, 0.25) is 0 Å². The smallest absolute Gasteiger partial charge is 0.348 e. The van der Waals surface area contributed by atoms with Crippen molar-refractivity contribution in [3.05, 3.63) is 66.4 Å². The van der Waals surface area contributed by atoms with Gasteiger partial charge in [0.2, 0.25) is 0 Å². The van der Waals surface area contributed by atoms with Gasteiger partial charge in [-0.25, -0.2) is 14.6 Å². The van der Waals surface area contributed by atoms with Crippen LogP contribution in [0.4, 0.5) is 5.69 Å². The Bertz CT molecular complexity index is 1700. The van der Waals surface area contributed by atoms with Crippen molar-refractivity contribution >= 4 is 50.4 Å². The molecule has 2 aliphatic rings. The average Bonchev–Trinajstić information content (AvgIpc) is 3.22. The summed E-state index contributed by atoms with van der Waals surface area (Å²) in [5.74, 6) is -0.481. The molecule has 0 fully saturated rings. The molecule has 0 saturated carbocycles. The lowest BCUT2D eigenvalue weighted by Gasteiger charge is -2.37. The van der Waals surface area contributed by atoms with E-state index in [0.29, 0.717) is 26.2 Å². The van der Waals surface area contributed by atoms with Gasteiger partial charge in [-0.3, -0.25) is 4.79 Å². The normalized spacial score (nSPS) is 15.1. The second-order valence-corrected chi connectivity index (χ2v) is 10.1. The second-order valence-electron chi connectivity index (χ2n) is 9.06. The van der Waals surface area contributed by atoms with Gasteiger partial charge in [-0.15, -0.1) is 11.3 Å². The number of nitrogens with zero attached hydrogens (tertiary/aromatic N) is 4. The van der Waals surface area contributed by atoms with E-state index in [2.05, 4.69) is 21.1 Å². The minimum absolute atomic E-state index is 0.241. The summed E-state index contributed by atoms with van der Waals surface area (Å²) in [6, 6.07) is 3.89. The summed E-state index contributed by atoms with van der Waals surface area (Å²) in [4.78, 5) is 45.7. The lowest BCUT2D eigenvalue weighted by Crippen LogP contribution is -2.34. The number of carbonyl (C=O) groups is 1. The number of esters is 1. The number of hydrogen-bond acceptors (Lipinski definition) is 9. The van der Waals surface area contributed by atoms with Gasteiger partial charge in [0.25, 0.3) is 5.56 Å². The van der Waals surface area contributed by atoms with Crippen molar-refractivity contribution in [1.82, 2.24) is 9.66 Å². The monoisotopic (exact) mass is 504 g/mol. The summed E-state index contributed by atoms with van der Waals surface area (Å²) >= 11 is 1.11. The van der Waals surface area contributed by atoms with Crippen LogP contribution in [0.1, 0.15) is 51.7 Å². The SMILES string of the molecule is CCOC(=O)c1sc2ncn(N=Cc3cc4cc5c6c(c4oc3=O)CCCN6CCC5)c(=O)c2c1C. The summed E-state index contributed by atoms with van der Waals surface area (Å²) in [7, 11) is 0. The molecule has 0 spiro atoms. The first-order chi connectivity index (χ1) is 17.5. The van der Waals surface area contributed by atoms with Gasteiger partial charge in [0.15, 0.2) is 0 Å². The lowest BCUT2D eigenvalue weighted by atomic mass is 9.90. The molecule has 0 atom stereocenters. The van der Waals surface area contributed by atoms with Crippen LogP contribution < -0.4 is 16.1 Å². The predicted molar refractivity (Wildman–Crippen MR) is 139 cm³/mol. The summed E-state index contributed by atoms with van der Waals surface area (Å²) in [5.41, 5.74) is 4.11. The molecule has 10 heteroatoms. The molecule has 184 valence electrons. The van der Waals surface area contributed by atoms with Crippen LogP contribution in [0.25, 0.3) is 21.2 Å². The van der Waals surface area contributed by atoms with Crippen LogP contribution in [-0.2, 0) is 17.6 Å². The fraction of sp³-hybridized carbons (Fsp3) is 0.346. The number of ether oxygens (including phenoxy) is 1. The number of aromatic nitrogens is 2. The quantitative estimate of drug-likeness (QED) is 0.237. The first-order valence-corrected chi connectivity index (χ1v) is 12.9. The standard InChI is InChI=1S/C26H24N4O5S/c1-3-34-26(33)22-14(2)19-23(36-22)27-13-30(24(19)31)28-12-17-11-16-10-15-6-4-8-29-9-5-7-18(20(15)29)21(16)35-25(17)32/h10-13H,3-9H2,1-2H3. The summed E-state index contributed by atoms with van der Waals surface area (Å²) in [6.07, 6.45) is 6.65. The van der Waals surface area contributed by atoms with Gasteiger partial charge in [0.1, 0.15) is 21.6 Å². The second kappa shape index (κ2) is 8.70. The largest absolute Gasteiger partial charge is 0.462 e. The van der Waals surface area contributed by atoms with E-state index < -0.39 is 17.2 Å². The molecular weight excluding hydrogens is 480 g/mol. The zero-order valence-corrected chi connectivity index (χ0v) is 20.8. The van der Waals surface area contributed by atoms with Crippen LogP contribution in [-0.4, -0.2) is 41.5 Å². The molecule has 0 saturated heterocycles. The molecule has 36 heavy (non-hydrogen) atoms. The van der Waals surface area contributed by atoms with Crippen LogP contribution in [0.5, 0.6) is 0 Å². The Balaban J connectivity index is 1.41. The molecule has 0 unspecified atom stereocenters. The number of thiophene rings is 1. The molecule has 0 aliphatic carbocycles. The molecule has 0 N–H and O–H groups in total. The molecule has 0 radical (unpaired) electrons. The Kier molecular flexibility index (Phi) is 5.48. The van der Waals surface area contributed by atoms with Crippen molar-refractivity contribution < 1.29 is 13.9 Å². The van der Waals surface area contributed by atoms with Crippen molar-refractivity contribution in [1.29, 1.82) is 0 Å². The van der Waals surface area contributed by atoms with Crippen molar-refractivity contribution in [2.45, 2.75) is 39.5 Å². The summed E-state index contributed by atoms with van der Waals surface area (Å²) in [5, 5.41) is 5.39. The van der Waals surface area contributed by atoms with Crippen molar-refractivity contribution in [3.8, 4) is 0 Å². The van der Waals surface area contributed by atoms with Gasteiger partial charge in [-0.2, -0.15) is 9.78 Å². The molecule has 0 amide bonds. The molecule has 9 nitrogen and oxygen atoms in total. The van der Waals surface area contributed by atoms with E-state index in [1.165, 1.54) is 23.8 Å². The van der Waals surface area contributed by atoms with E-state index in [1.807, 2.05) is 0 Å². The number of carbonyl (C=O) groups excluding carboxylic acids is 1. The Hall–Kier alpha value is -3.79. The third-order valence-corrected chi connectivity index (χ3v) is 8.04. The molecule has 1 aromatic carbocycles. The van der Waals surface area contributed by atoms with E-state index in [-0.39, 0.29) is 12.2 Å². The minimum Gasteiger partial charge on any atom is -0.462 e. The molecule has 3 aromatic heterocycles. The maximum absolute atomic E-state index is 13.1. The van der Waals surface area contributed by atoms with Gasteiger partial charge in [-0.05, 0) is 62.8 Å². The Morgan fingerprint density at radius 1 is 1.25 bits per heavy atom. The van der Waals surface area contributed by atoms with E-state index in [0.717, 1.165) is 65.7 Å². The third kappa shape index (κ3) is 3.55. The Morgan fingerprint density at radius 2 is 2.06 bits per heavy atom. The van der Waals surface area contributed by atoms with Gasteiger partial charge in [-0.1, -0.05) is 0 Å². The first-order valence-electron chi connectivity index (χ1n) is 12.1. The number of hydrogen-bond donors (Lipinski definition) is 0. The summed E-state index contributed by atoms with van der Waals surface area (Å²) in [6.45, 7) is 5.74. The fourth-order valence-corrected chi connectivity index (χ4v) is 6.30. The van der Waals surface area contributed by atoms with Crippen molar-refractivity contribution in [3.63, 3.8) is 0 Å². The highest BCUT2D eigenvalue weighted by Gasteiger charge is 2.27. The molecular formula is C26H24N4O5S. The average molecular weight is 505 g/mol. The van der Waals surface area contributed by atoms with Crippen LogP contribution >= 0.6 is 11.3 Å². The zero-order chi connectivity index (χ0) is 25.0. The van der Waals surface area contributed by atoms with Crippen LogP contribution in [0.15, 0.2) is 37.6 Å². The maximum atomic E-state index is 13.1. The van der Waals surface area contributed by atoms with E-state index in [9.17, 15) is 14.4 Å². The topological polar surface area (TPSA) is 107 Å². The Labute approximate surface area is 209 Å². The molecule has 5 heterocycles. The molecule has 6 rings (SSSR count). The van der Waals surface area contributed by atoms with Gasteiger partial charge in [0.05, 0.1) is 23.8 Å².